The largest absolute Gasteiger partial charge is 0.398 e. The van der Waals surface area contributed by atoms with E-state index in [9.17, 15) is 8.42 Å². The van der Waals surface area contributed by atoms with Crippen molar-refractivity contribution in [3.63, 3.8) is 0 Å². The molecule has 1 fully saturated rings. The molecule has 106 valence electrons. The Kier molecular flexibility index (Phi) is 4.44. The Hall–Kier alpha value is -1.11. The molecule has 1 heterocycles. The van der Waals surface area contributed by atoms with Gasteiger partial charge in [0, 0.05) is 24.8 Å². The van der Waals surface area contributed by atoms with Crippen LogP contribution in [-0.4, -0.2) is 27.7 Å². The van der Waals surface area contributed by atoms with Gasteiger partial charge in [-0.3, -0.25) is 0 Å². The van der Waals surface area contributed by atoms with Crippen molar-refractivity contribution in [2.24, 2.45) is 5.92 Å². The monoisotopic (exact) mass is 284 g/mol. The van der Waals surface area contributed by atoms with Crippen LogP contribution in [-0.2, 0) is 20.5 Å². The minimum Gasteiger partial charge on any atom is -0.398 e. The van der Waals surface area contributed by atoms with Gasteiger partial charge < -0.3 is 10.5 Å². The molecule has 0 aliphatic carbocycles. The minimum absolute atomic E-state index is 0.0817. The van der Waals surface area contributed by atoms with Gasteiger partial charge in [0.25, 0.3) is 0 Å². The molecule has 5 nitrogen and oxygen atoms in total. The molecule has 1 aromatic rings. The van der Waals surface area contributed by atoms with E-state index in [2.05, 4.69) is 4.72 Å². The van der Waals surface area contributed by atoms with Crippen molar-refractivity contribution in [3.05, 3.63) is 29.8 Å². The highest BCUT2D eigenvalue weighted by molar-refractivity contribution is 7.88. The quantitative estimate of drug-likeness (QED) is 0.794. The summed E-state index contributed by atoms with van der Waals surface area (Å²) in [6, 6.07) is 7.01. The van der Waals surface area contributed by atoms with Crippen LogP contribution in [0.4, 0.5) is 5.69 Å². The summed E-state index contributed by atoms with van der Waals surface area (Å²) in [4.78, 5) is 0. The molecule has 2 atom stereocenters. The summed E-state index contributed by atoms with van der Waals surface area (Å²) in [6.45, 7) is 3.11. The highest BCUT2D eigenvalue weighted by atomic mass is 32.2. The Morgan fingerprint density at radius 1 is 1.42 bits per heavy atom. The van der Waals surface area contributed by atoms with Gasteiger partial charge >= 0.3 is 0 Å². The Labute approximate surface area is 114 Å². The number of hydrogen-bond donors (Lipinski definition) is 2. The SMILES string of the molecule is CC1OCCC1CNS(=O)(=O)Cc1ccccc1N. The predicted octanol–water partition coefficient (Wildman–Crippen LogP) is 1.11. The number of nitrogens with two attached hydrogens (primary N) is 1. The van der Waals surface area contributed by atoms with Crippen molar-refractivity contribution in [2.75, 3.05) is 18.9 Å². The van der Waals surface area contributed by atoms with Crippen molar-refractivity contribution in [2.45, 2.75) is 25.2 Å². The van der Waals surface area contributed by atoms with Crippen molar-refractivity contribution in [3.8, 4) is 0 Å². The molecule has 0 spiro atoms. The number of nitrogen functional groups attached to an aromatic ring is 1. The van der Waals surface area contributed by atoms with Gasteiger partial charge in [-0.15, -0.1) is 0 Å². The van der Waals surface area contributed by atoms with Crippen molar-refractivity contribution in [1.82, 2.24) is 4.72 Å². The number of hydrogen-bond acceptors (Lipinski definition) is 4. The average Bonchev–Trinajstić information content (AvgIpc) is 2.75. The van der Waals surface area contributed by atoms with Crippen LogP contribution < -0.4 is 10.5 Å². The van der Waals surface area contributed by atoms with Crippen molar-refractivity contribution in [1.29, 1.82) is 0 Å². The lowest BCUT2D eigenvalue weighted by atomic mass is 10.0. The van der Waals surface area contributed by atoms with E-state index in [-0.39, 0.29) is 17.8 Å². The Morgan fingerprint density at radius 2 is 2.16 bits per heavy atom. The number of anilines is 1. The molecule has 19 heavy (non-hydrogen) atoms. The first-order chi connectivity index (χ1) is 8.98. The van der Waals surface area contributed by atoms with Gasteiger partial charge in [-0.2, -0.15) is 0 Å². The minimum atomic E-state index is -3.35. The van der Waals surface area contributed by atoms with Gasteiger partial charge in [0.1, 0.15) is 0 Å². The maximum Gasteiger partial charge on any atom is 0.215 e. The molecule has 1 aromatic carbocycles. The lowest BCUT2D eigenvalue weighted by Gasteiger charge is -2.15. The summed E-state index contributed by atoms with van der Waals surface area (Å²) in [7, 11) is -3.35. The topological polar surface area (TPSA) is 81.4 Å². The van der Waals surface area contributed by atoms with Crippen molar-refractivity contribution < 1.29 is 13.2 Å². The van der Waals surface area contributed by atoms with Gasteiger partial charge in [0.15, 0.2) is 0 Å². The molecule has 2 unspecified atom stereocenters. The van der Waals surface area contributed by atoms with Crippen LogP contribution in [0.3, 0.4) is 0 Å². The summed E-state index contributed by atoms with van der Waals surface area (Å²) in [6.07, 6.45) is 1.02. The van der Waals surface area contributed by atoms with E-state index in [4.69, 9.17) is 10.5 Å². The molecule has 6 heteroatoms. The van der Waals surface area contributed by atoms with Crippen LogP contribution in [0.2, 0.25) is 0 Å². The van der Waals surface area contributed by atoms with Gasteiger partial charge in [-0.1, -0.05) is 18.2 Å². The van der Waals surface area contributed by atoms with E-state index in [1.807, 2.05) is 6.92 Å². The lowest BCUT2D eigenvalue weighted by Crippen LogP contribution is -2.32. The number of nitrogens with one attached hydrogen (secondary N) is 1. The number of para-hydroxylation sites is 1. The number of sulfonamides is 1. The summed E-state index contributed by atoms with van der Waals surface area (Å²) < 4.78 is 32.1. The second-order valence-corrected chi connectivity index (χ2v) is 6.74. The fraction of sp³-hybridized carbons (Fsp3) is 0.538. The van der Waals surface area contributed by atoms with Crippen LogP contribution in [0.25, 0.3) is 0 Å². The predicted molar refractivity (Wildman–Crippen MR) is 75.0 cm³/mol. The summed E-state index contributed by atoms with van der Waals surface area (Å²) in [5, 5.41) is 0. The first-order valence-electron chi connectivity index (χ1n) is 6.40. The van der Waals surface area contributed by atoms with Gasteiger partial charge in [-0.25, -0.2) is 13.1 Å². The summed E-state index contributed by atoms with van der Waals surface area (Å²) in [5.41, 5.74) is 6.89. The molecule has 1 aliphatic heterocycles. The van der Waals surface area contributed by atoms with E-state index in [1.165, 1.54) is 0 Å². The van der Waals surface area contributed by atoms with Crippen LogP contribution in [0.5, 0.6) is 0 Å². The van der Waals surface area contributed by atoms with E-state index in [0.717, 1.165) is 6.42 Å². The normalized spacial score (nSPS) is 23.6. The van der Waals surface area contributed by atoms with E-state index in [0.29, 0.717) is 24.4 Å². The highest BCUT2D eigenvalue weighted by Gasteiger charge is 2.25. The maximum absolute atomic E-state index is 12.0. The zero-order chi connectivity index (χ0) is 13.9. The molecule has 0 saturated carbocycles. The molecular formula is C13H20N2O3S. The third-order valence-corrected chi connectivity index (χ3v) is 4.80. The fourth-order valence-electron chi connectivity index (χ4n) is 2.20. The van der Waals surface area contributed by atoms with Crippen LogP contribution >= 0.6 is 0 Å². The number of rotatable bonds is 5. The van der Waals surface area contributed by atoms with Crippen LogP contribution in [0, 0.1) is 5.92 Å². The Bertz CT molecular complexity index is 530. The standard InChI is InChI=1S/C13H20N2O3S/c1-10-11(6-7-18-10)8-15-19(16,17)9-12-4-2-3-5-13(12)14/h2-5,10-11,15H,6-9,14H2,1H3. The smallest absolute Gasteiger partial charge is 0.215 e. The molecule has 1 saturated heterocycles. The van der Waals surface area contributed by atoms with E-state index >= 15 is 0 Å². The average molecular weight is 284 g/mol. The van der Waals surface area contributed by atoms with Crippen LogP contribution in [0.15, 0.2) is 24.3 Å². The molecule has 0 bridgehead atoms. The number of benzene rings is 1. The first-order valence-corrected chi connectivity index (χ1v) is 8.05. The molecular weight excluding hydrogens is 264 g/mol. The Balaban J connectivity index is 1.94. The van der Waals surface area contributed by atoms with Gasteiger partial charge in [-0.05, 0) is 25.0 Å². The maximum atomic E-state index is 12.0. The van der Waals surface area contributed by atoms with Gasteiger partial charge in [0.2, 0.25) is 10.0 Å². The van der Waals surface area contributed by atoms with E-state index in [1.54, 1.807) is 24.3 Å². The molecule has 0 aromatic heterocycles. The third-order valence-electron chi connectivity index (χ3n) is 3.50. The lowest BCUT2D eigenvalue weighted by molar-refractivity contribution is 0.107. The molecule has 2 rings (SSSR count). The van der Waals surface area contributed by atoms with E-state index < -0.39 is 10.0 Å². The zero-order valence-corrected chi connectivity index (χ0v) is 11.8. The third kappa shape index (κ3) is 3.92. The van der Waals surface area contributed by atoms with Crippen molar-refractivity contribution >= 4 is 15.7 Å². The summed E-state index contributed by atoms with van der Waals surface area (Å²) in [5.74, 6) is 0.171. The Morgan fingerprint density at radius 3 is 2.79 bits per heavy atom. The fourth-order valence-corrected chi connectivity index (χ4v) is 3.44. The second-order valence-electron chi connectivity index (χ2n) is 4.93. The summed E-state index contributed by atoms with van der Waals surface area (Å²) >= 11 is 0. The number of ether oxygens (including phenoxy) is 1. The van der Waals surface area contributed by atoms with Crippen LogP contribution in [0.1, 0.15) is 18.9 Å². The molecule has 0 amide bonds. The highest BCUT2D eigenvalue weighted by Crippen LogP contribution is 2.20. The molecule has 0 radical (unpaired) electrons. The molecule has 3 N–H and O–H groups in total. The van der Waals surface area contributed by atoms with Gasteiger partial charge in [0.05, 0.1) is 11.9 Å². The second kappa shape index (κ2) is 5.90. The first kappa shape index (κ1) is 14.3. The zero-order valence-electron chi connectivity index (χ0n) is 11.0. The molecule has 1 aliphatic rings.